The van der Waals surface area contributed by atoms with Crippen LogP contribution in [0.4, 0.5) is 10.5 Å². The molecule has 4 rings (SSSR count). The summed E-state index contributed by atoms with van der Waals surface area (Å²) in [5, 5.41) is 13.8. The number of aromatic nitrogens is 3. The molecule has 3 heterocycles. The average Bonchev–Trinajstić information content (AvgIpc) is 2.96. The highest BCUT2D eigenvalue weighted by Gasteiger charge is 2.11. The summed E-state index contributed by atoms with van der Waals surface area (Å²) in [5.41, 5.74) is 5.36. The molecule has 0 unspecified atom stereocenters. The third-order valence-electron chi connectivity index (χ3n) is 5.92. The Labute approximate surface area is 233 Å². The maximum Gasteiger partial charge on any atom is 0.404 e. The summed E-state index contributed by atoms with van der Waals surface area (Å²) in [5.74, 6) is -0.260. The average molecular weight is 541 g/mol. The van der Waals surface area contributed by atoms with Crippen LogP contribution >= 0.6 is 0 Å². The van der Waals surface area contributed by atoms with Crippen molar-refractivity contribution in [3.63, 3.8) is 0 Å². The number of carboxylic acid groups (broad SMARTS) is 1. The first-order valence-corrected chi connectivity index (χ1v) is 12.9. The molecule has 0 bridgehead atoms. The molecule has 1 aromatic carbocycles. The number of amides is 2. The third kappa shape index (κ3) is 9.90. The minimum Gasteiger partial charge on any atom is -0.465 e. The standard InChI is InChI=1S/C30H32N6O4/c37-29(35-25-10-7-23(8-11-25)13-16-33-30(38)39)22-40-21-24-9-12-28(34-17-24)20-36(18-26-5-1-3-14-31-26)19-27-6-2-4-15-32-27/h1-12,14-15,17,33H,13,16,18-22H2,(H,35,37)(H,38,39). The number of benzene rings is 1. The maximum absolute atomic E-state index is 12.3. The highest BCUT2D eigenvalue weighted by atomic mass is 16.5. The number of anilines is 1. The first-order chi connectivity index (χ1) is 19.5. The van der Waals surface area contributed by atoms with Gasteiger partial charge in [0.1, 0.15) is 6.61 Å². The van der Waals surface area contributed by atoms with Gasteiger partial charge in [-0.15, -0.1) is 0 Å². The Morgan fingerprint density at radius 3 is 1.95 bits per heavy atom. The van der Waals surface area contributed by atoms with Gasteiger partial charge >= 0.3 is 6.09 Å². The molecule has 206 valence electrons. The first-order valence-electron chi connectivity index (χ1n) is 12.9. The van der Waals surface area contributed by atoms with Crippen molar-refractivity contribution in [3.05, 3.63) is 120 Å². The highest BCUT2D eigenvalue weighted by Crippen LogP contribution is 2.13. The number of pyridine rings is 3. The van der Waals surface area contributed by atoms with E-state index < -0.39 is 6.09 Å². The van der Waals surface area contributed by atoms with Crippen LogP contribution in [0.3, 0.4) is 0 Å². The Morgan fingerprint density at radius 1 is 0.775 bits per heavy atom. The molecule has 10 nitrogen and oxygen atoms in total. The van der Waals surface area contributed by atoms with Gasteiger partial charge in [0.25, 0.3) is 0 Å². The van der Waals surface area contributed by atoms with Crippen molar-refractivity contribution in [1.82, 2.24) is 25.2 Å². The molecular formula is C30H32N6O4. The molecule has 3 N–H and O–H groups in total. The van der Waals surface area contributed by atoms with Crippen LogP contribution in [0.15, 0.2) is 91.4 Å². The molecule has 0 aliphatic heterocycles. The summed E-state index contributed by atoms with van der Waals surface area (Å²) in [6, 6.07) is 23.0. The summed E-state index contributed by atoms with van der Waals surface area (Å²) in [7, 11) is 0. The second-order valence-electron chi connectivity index (χ2n) is 9.16. The molecule has 4 aromatic rings. The van der Waals surface area contributed by atoms with E-state index in [0.717, 1.165) is 28.2 Å². The number of carbonyl (C=O) groups excluding carboxylic acids is 1. The largest absolute Gasteiger partial charge is 0.465 e. The number of hydrogen-bond donors (Lipinski definition) is 3. The van der Waals surface area contributed by atoms with E-state index in [-0.39, 0.29) is 19.1 Å². The molecule has 0 aliphatic rings. The fourth-order valence-electron chi connectivity index (χ4n) is 4.00. The molecule has 0 spiro atoms. The molecule has 3 aromatic heterocycles. The lowest BCUT2D eigenvalue weighted by atomic mass is 10.1. The molecular weight excluding hydrogens is 508 g/mol. The number of nitrogens with one attached hydrogen (secondary N) is 2. The lowest BCUT2D eigenvalue weighted by Gasteiger charge is -2.21. The Bertz CT molecular complexity index is 1300. The smallest absolute Gasteiger partial charge is 0.404 e. The fraction of sp³-hybridized carbons (Fsp3) is 0.233. The van der Waals surface area contributed by atoms with Gasteiger partial charge in [0, 0.05) is 50.5 Å². The summed E-state index contributed by atoms with van der Waals surface area (Å²) in [4.78, 5) is 38.6. The maximum atomic E-state index is 12.3. The zero-order valence-corrected chi connectivity index (χ0v) is 22.1. The number of rotatable bonds is 14. The summed E-state index contributed by atoms with van der Waals surface area (Å²) >= 11 is 0. The van der Waals surface area contributed by atoms with Crippen molar-refractivity contribution in [2.24, 2.45) is 0 Å². The van der Waals surface area contributed by atoms with Gasteiger partial charge < -0.3 is 20.5 Å². The zero-order chi connectivity index (χ0) is 28.0. The minimum atomic E-state index is -1.05. The fourth-order valence-corrected chi connectivity index (χ4v) is 4.00. The van der Waals surface area contributed by atoms with Crippen molar-refractivity contribution in [2.45, 2.75) is 32.7 Å². The second-order valence-corrected chi connectivity index (χ2v) is 9.16. The van der Waals surface area contributed by atoms with Crippen molar-refractivity contribution in [1.29, 1.82) is 0 Å². The van der Waals surface area contributed by atoms with Crippen molar-refractivity contribution in [2.75, 3.05) is 18.5 Å². The highest BCUT2D eigenvalue weighted by molar-refractivity contribution is 5.91. The minimum absolute atomic E-state index is 0.0893. The predicted octanol–water partition coefficient (Wildman–Crippen LogP) is 4.04. The summed E-state index contributed by atoms with van der Waals surface area (Å²) in [6.07, 6.45) is 4.88. The van der Waals surface area contributed by atoms with Crippen LogP contribution in [0.25, 0.3) is 0 Å². The molecule has 2 amide bonds. The lowest BCUT2D eigenvalue weighted by molar-refractivity contribution is -0.121. The molecule has 0 saturated carbocycles. The molecule has 0 fully saturated rings. The van der Waals surface area contributed by atoms with E-state index in [9.17, 15) is 9.59 Å². The van der Waals surface area contributed by atoms with Crippen LogP contribution < -0.4 is 10.6 Å². The molecule has 0 aliphatic carbocycles. The van der Waals surface area contributed by atoms with Gasteiger partial charge in [-0.2, -0.15) is 0 Å². The topological polar surface area (TPSA) is 130 Å². The quantitative estimate of drug-likeness (QED) is 0.219. The molecule has 40 heavy (non-hydrogen) atoms. The van der Waals surface area contributed by atoms with E-state index in [2.05, 4.69) is 30.5 Å². The van der Waals surface area contributed by atoms with Crippen LogP contribution in [-0.2, 0) is 42.2 Å². The van der Waals surface area contributed by atoms with Crippen LogP contribution in [0.1, 0.15) is 28.2 Å². The SMILES string of the molecule is O=C(O)NCCc1ccc(NC(=O)COCc2ccc(CN(Cc3ccccn3)Cc3ccccn3)nc2)cc1. The summed E-state index contributed by atoms with van der Waals surface area (Å²) in [6.45, 7) is 2.48. The van der Waals surface area contributed by atoms with Gasteiger partial charge in [0.05, 0.1) is 23.7 Å². The van der Waals surface area contributed by atoms with Gasteiger partial charge in [-0.3, -0.25) is 24.6 Å². The second kappa shape index (κ2) is 15.1. The Balaban J connectivity index is 1.23. The van der Waals surface area contributed by atoms with Gasteiger partial charge in [0.2, 0.25) is 5.91 Å². The van der Waals surface area contributed by atoms with E-state index in [4.69, 9.17) is 9.84 Å². The number of ether oxygens (including phenoxy) is 1. The van der Waals surface area contributed by atoms with Gasteiger partial charge in [0.15, 0.2) is 0 Å². The molecule has 0 radical (unpaired) electrons. The first kappa shape index (κ1) is 28.3. The van der Waals surface area contributed by atoms with Crippen LogP contribution in [0.2, 0.25) is 0 Å². The zero-order valence-electron chi connectivity index (χ0n) is 22.1. The molecule has 0 atom stereocenters. The monoisotopic (exact) mass is 540 g/mol. The normalized spacial score (nSPS) is 10.8. The Hall–Kier alpha value is -4.67. The van der Waals surface area contributed by atoms with Gasteiger partial charge in [-0.1, -0.05) is 30.3 Å². The van der Waals surface area contributed by atoms with Crippen LogP contribution in [0, 0.1) is 0 Å². The lowest BCUT2D eigenvalue weighted by Crippen LogP contribution is -2.24. The van der Waals surface area contributed by atoms with E-state index in [1.807, 2.05) is 60.7 Å². The van der Waals surface area contributed by atoms with E-state index in [1.54, 1.807) is 30.7 Å². The number of nitrogens with zero attached hydrogens (tertiary/aromatic N) is 4. The number of carbonyl (C=O) groups is 2. The van der Waals surface area contributed by atoms with E-state index in [1.165, 1.54) is 0 Å². The van der Waals surface area contributed by atoms with Gasteiger partial charge in [-0.25, -0.2) is 4.79 Å². The van der Waals surface area contributed by atoms with Crippen LogP contribution in [0.5, 0.6) is 0 Å². The Morgan fingerprint density at radius 2 is 1.40 bits per heavy atom. The molecule has 0 saturated heterocycles. The molecule has 10 heteroatoms. The summed E-state index contributed by atoms with van der Waals surface area (Å²) < 4.78 is 5.59. The van der Waals surface area contributed by atoms with Crippen molar-refractivity contribution >= 4 is 17.7 Å². The predicted molar refractivity (Wildman–Crippen MR) is 150 cm³/mol. The van der Waals surface area contributed by atoms with Crippen LogP contribution in [-0.4, -0.2) is 50.1 Å². The third-order valence-corrected chi connectivity index (χ3v) is 5.92. The number of hydrogen-bond acceptors (Lipinski definition) is 7. The van der Waals surface area contributed by atoms with Gasteiger partial charge in [-0.05, 0) is 60.0 Å². The van der Waals surface area contributed by atoms with Crippen molar-refractivity contribution in [3.8, 4) is 0 Å². The van der Waals surface area contributed by atoms with E-state index >= 15 is 0 Å². The van der Waals surface area contributed by atoms with E-state index in [0.29, 0.717) is 38.3 Å². The van der Waals surface area contributed by atoms with Crippen molar-refractivity contribution < 1.29 is 19.4 Å². The Kier molecular flexibility index (Phi) is 10.7.